The monoisotopic (exact) mass is 437 g/mol. The summed E-state index contributed by atoms with van der Waals surface area (Å²) >= 11 is 0. The first-order chi connectivity index (χ1) is 15.4. The summed E-state index contributed by atoms with van der Waals surface area (Å²) < 4.78 is 6.63. The van der Waals surface area contributed by atoms with E-state index in [0.717, 1.165) is 40.7 Å². The molecule has 5 aromatic rings. The third-order valence-electron chi connectivity index (χ3n) is 6.81. The summed E-state index contributed by atoms with van der Waals surface area (Å²) in [6.45, 7) is 11.7. The van der Waals surface area contributed by atoms with Crippen LogP contribution in [0.1, 0.15) is 38.2 Å². The Balaban J connectivity index is 1.82. The minimum absolute atomic E-state index is 0.535. The van der Waals surface area contributed by atoms with Crippen molar-refractivity contribution in [2.24, 2.45) is 0 Å². The van der Waals surface area contributed by atoms with Crippen molar-refractivity contribution in [2.75, 3.05) is 0 Å². The lowest BCUT2D eigenvalue weighted by atomic mass is 9.87. The lowest BCUT2D eigenvalue weighted by Crippen LogP contribution is -2.37. The van der Waals surface area contributed by atoms with Crippen LogP contribution in [0.4, 0.5) is 0 Å². The lowest BCUT2D eigenvalue weighted by Gasteiger charge is -2.17. The quantitative estimate of drug-likeness (QED) is 0.259. The van der Waals surface area contributed by atoms with Gasteiger partial charge in [-0.3, -0.25) is 4.98 Å². The van der Waals surface area contributed by atoms with Crippen LogP contribution in [0.5, 0.6) is 0 Å². The molecule has 0 amide bonds. The number of fused-ring (bicyclic) bond motifs is 4. The molecule has 0 N–H and O–H groups in total. The number of aromatic nitrogens is 1. The molecule has 2 aromatic heterocycles. The first-order valence-corrected chi connectivity index (χ1v) is 15.3. The minimum atomic E-state index is -1.54. The summed E-state index contributed by atoms with van der Waals surface area (Å²) in [6, 6.07) is 22.1. The first kappa shape index (κ1) is 21.0. The average Bonchev–Trinajstić information content (AvgIpc) is 3.18. The smallest absolute Gasteiger partial charge is 0.161 e. The Kier molecular flexibility index (Phi) is 5.17. The summed E-state index contributed by atoms with van der Waals surface area (Å²) in [7, 11) is -1.54. The van der Waals surface area contributed by atoms with Crippen molar-refractivity contribution in [3.8, 4) is 11.3 Å². The molecule has 0 spiro atoms. The zero-order valence-electron chi connectivity index (χ0n) is 19.7. The van der Waals surface area contributed by atoms with Gasteiger partial charge < -0.3 is 4.42 Å². The molecule has 3 aromatic carbocycles. The normalized spacial score (nSPS) is 12.4. The molecule has 32 heavy (non-hydrogen) atoms. The highest BCUT2D eigenvalue weighted by Crippen LogP contribution is 2.38. The highest BCUT2D eigenvalue weighted by Gasteiger charge is 2.24. The van der Waals surface area contributed by atoms with E-state index >= 15 is 0 Å². The van der Waals surface area contributed by atoms with Crippen molar-refractivity contribution in [3.05, 3.63) is 72.4 Å². The van der Waals surface area contributed by atoms with Gasteiger partial charge in [0, 0.05) is 22.5 Å². The molecular formula is C29H31NOSi. The predicted octanol–water partition coefficient (Wildman–Crippen LogP) is 8.25. The van der Waals surface area contributed by atoms with Crippen LogP contribution in [-0.2, 0) is 0 Å². The van der Waals surface area contributed by atoms with E-state index < -0.39 is 8.07 Å². The number of hydrogen-bond donors (Lipinski definition) is 0. The van der Waals surface area contributed by atoms with Gasteiger partial charge in [0.25, 0.3) is 0 Å². The second kappa shape index (κ2) is 7.90. The maximum absolute atomic E-state index is 6.63. The molecular weight excluding hydrogens is 406 g/mol. The van der Waals surface area contributed by atoms with E-state index in [4.69, 9.17) is 9.40 Å². The number of benzene rings is 3. The molecule has 0 bridgehead atoms. The van der Waals surface area contributed by atoms with Gasteiger partial charge in [-0.2, -0.15) is 0 Å². The summed E-state index contributed by atoms with van der Waals surface area (Å²) in [4.78, 5) is 4.84. The number of para-hydroxylation sites is 1. The molecule has 0 aliphatic heterocycles. The zero-order chi connectivity index (χ0) is 22.5. The van der Waals surface area contributed by atoms with Gasteiger partial charge in [-0.15, -0.1) is 0 Å². The van der Waals surface area contributed by atoms with Gasteiger partial charge in [0.2, 0.25) is 0 Å². The standard InChI is InChI=1S/C29H31NOSi/c1-6-19(7-2)25-18-21(17-20-11-8-9-12-22(20)25)27-29-24(15-16-30-27)23-13-10-14-26(28(23)31-29)32(3,4)5/h8-19H,6-7H2,1-5H3. The van der Waals surface area contributed by atoms with Crippen LogP contribution in [0.15, 0.2) is 71.3 Å². The van der Waals surface area contributed by atoms with Crippen LogP contribution in [0, 0.1) is 0 Å². The SMILES string of the molecule is CCC(CC)c1cc(-c2nccc3c2oc2c([Si](C)(C)C)cccc23)cc2ccccc12. The molecule has 2 nitrogen and oxygen atoms in total. The summed E-state index contributed by atoms with van der Waals surface area (Å²) in [5.41, 5.74) is 5.44. The zero-order valence-corrected chi connectivity index (χ0v) is 20.7. The minimum Gasteiger partial charge on any atom is -0.454 e. The van der Waals surface area contributed by atoms with Crippen LogP contribution >= 0.6 is 0 Å². The summed E-state index contributed by atoms with van der Waals surface area (Å²) in [5, 5.41) is 6.34. The van der Waals surface area contributed by atoms with Crippen LogP contribution in [0.2, 0.25) is 19.6 Å². The number of pyridine rings is 1. The van der Waals surface area contributed by atoms with Gasteiger partial charge >= 0.3 is 0 Å². The highest BCUT2D eigenvalue weighted by atomic mass is 28.3. The number of rotatable bonds is 5. The Labute approximate surface area is 191 Å². The third-order valence-corrected chi connectivity index (χ3v) is 8.82. The van der Waals surface area contributed by atoms with Crippen LogP contribution in [-0.4, -0.2) is 13.1 Å². The van der Waals surface area contributed by atoms with E-state index in [2.05, 4.69) is 94.2 Å². The number of nitrogens with zero attached hydrogens (tertiary/aromatic N) is 1. The third kappa shape index (κ3) is 3.36. The van der Waals surface area contributed by atoms with E-state index in [1.807, 2.05) is 6.20 Å². The average molecular weight is 438 g/mol. The van der Waals surface area contributed by atoms with Gasteiger partial charge in [0.05, 0.1) is 8.07 Å². The van der Waals surface area contributed by atoms with E-state index in [0.29, 0.717) is 5.92 Å². The molecule has 2 heterocycles. The van der Waals surface area contributed by atoms with Crippen molar-refractivity contribution >= 4 is 46.0 Å². The molecule has 0 unspecified atom stereocenters. The Morgan fingerprint density at radius 1 is 0.812 bits per heavy atom. The largest absolute Gasteiger partial charge is 0.454 e. The van der Waals surface area contributed by atoms with E-state index in [1.165, 1.54) is 26.9 Å². The Morgan fingerprint density at radius 3 is 2.28 bits per heavy atom. The van der Waals surface area contributed by atoms with Crippen LogP contribution in [0.25, 0.3) is 44.0 Å². The molecule has 0 radical (unpaired) electrons. The second-order valence-corrected chi connectivity index (χ2v) is 14.9. The maximum atomic E-state index is 6.63. The van der Waals surface area contributed by atoms with Crippen molar-refractivity contribution in [3.63, 3.8) is 0 Å². The summed E-state index contributed by atoms with van der Waals surface area (Å²) in [6.07, 6.45) is 4.19. The topological polar surface area (TPSA) is 26.0 Å². The van der Waals surface area contributed by atoms with Gasteiger partial charge in [-0.25, -0.2) is 0 Å². The Hall–Kier alpha value is -2.91. The van der Waals surface area contributed by atoms with Gasteiger partial charge in [0.15, 0.2) is 5.58 Å². The molecule has 0 fully saturated rings. The molecule has 0 aliphatic carbocycles. The fraction of sp³-hybridized carbons (Fsp3) is 0.276. The van der Waals surface area contributed by atoms with Crippen LogP contribution < -0.4 is 5.19 Å². The first-order valence-electron chi connectivity index (χ1n) is 11.8. The fourth-order valence-electron chi connectivity index (χ4n) is 5.06. The van der Waals surface area contributed by atoms with Gasteiger partial charge in [0.1, 0.15) is 11.3 Å². The molecule has 0 atom stereocenters. The lowest BCUT2D eigenvalue weighted by molar-refractivity contribution is 0.646. The number of hydrogen-bond acceptors (Lipinski definition) is 2. The van der Waals surface area contributed by atoms with Gasteiger partial charge in [-0.05, 0) is 58.5 Å². The van der Waals surface area contributed by atoms with Crippen molar-refractivity contribution < 1.29 is 4.42 Å². The van der Waals surface area contributed by atoms with Crippen molar-refractivity contribution in [1.29, 1.82) is 0 Å². The van der Waals surface area contributed by atoms with E-state index in [-0.39, 0.29) is 0 Å². The van der Waals surface area contributed by atoms with Crippen LogP contribution in [0.3, 0.4) is 0 Å². The molecule has 0 saturated heterocycles. The highest BCUT2D eigenvalue weighted by molar-refractivity contribution is 6.90. The molecule has 162 valence electrons. The van der Waals surface area contributed by atoms with E-state index in [1.54, 1.807) is 0 Å². The van der Waals surface area contributed by atoms with Crippen molar-refractivity contribution in [1.82, 2.24) is 4.98 Å². The fourth-order valence-corrected chi connectivity index (χ4v) is 6.53. The second-order valence-electron chi connectivity index (χ2n) is 9.87. The maximum Gasteiger partial charge on any atom is 0.161 e. The Bertz CT molecular complexity index is 1440. The molecule has 3 heteroatoms. The molecule has 0 aliphatic rings. The van der Waals surface area contributed by atoms with Gasteiger partial charge in [-0.1, -0.05) is 76.0 Å². The number of furan rings is 1. The molecule has 5 rings (SSSR count). The summed E-state index contributed by atoms with van der Waals surface area (Å²) in [5.74, 6) is 0.535. The Morgan fingerprint density at radius 2 is 1.53 bits per heavy atom. The van der Waals surface area contributed by atoms with Crippen molar-refractivity contribution in [2.45, 2.75) is 52.2 Å². The molecule has 0 saturated carbocycles. The predicted molar refractivity (Wildman–Crippen MR) is 141 cm³/mol. The van der Waals surface area contributed by atoms with E-state index in [9.17, 15) is 0 Å².